The first kappa shape index (κ1) is 46.2. The number of hydrogen-bond acceptors (Lipinski definition) is 14. The lowest BCUT2D eigenvalue weighted by atomic mass is 9.85. The summed E-state index contributed by atoms with van der Waals surface area (Å²) in [5.41, 5.74) is 0.483. The molecule has 4 N–H and O–H groups in total. The number of H-pyrrole nitrogens is 1. The van der Waals surface area contributed by atoms with Gasteiger partial charge in [0.2, 0.25) is 11.8 Å². The quantitative estimate of drug-likeness (QED) is 0.124. The van der Waals surface area contributed by atoms with Crippen LogP contribution in [0.3, 0.4) is 0 Å². The molecule has 66 heavy (non-hydrogen) atoms. The number of piperidine rings is 2. The summed E-state index contributed by atoms with van der Waals surface area (Å²) in [5.74, 6) is -1.18. The molecule has 21 heteroatoms. The van der Waals surface area contributed by atoms with Crippen LogP contribution in [-0.4, -0.2) is 116 Å². The lowest BCUT2D eigenvalue weighted by molar-refractivity contribution is -0.142. The first-order valence-electron chi connectivity index (χ1n) is 21.9. The van der Waals surface area contributed by atoms with Crippen LogP contribution < -0.4 is 30.1 Å². The summed E-state index contributed by atoms with van der Waals surface area (Å²) in [5, 5.41) is 28.3. The third-order valence-electron chi connectivity index (χ3n) is 12.7. The van der Waals surface area contributed by atoms with E-state index in [1.54, 1.807) is 29.9 Å². The van der Waals surface area contributed by atoms with Gasteiger partial charge in [-0.05, 0) is 88.0 Å². The monoisotopic (exact) mass is 927 g/mol. The van der Waals surface area contributed by atoms with Gasteiger partial charge in [0.25, 0.3) is 5.56 Å². The number of nitriles is 1. The Morgan fingerprint density at radius 3 is 2.50 bits per heavy atom. The molecule has 0 atom stereocenters. The van der Waals surface area contributed by atoms with Crippen molar-refractivity contribution in [1.29, 1.82) is 5.26 Å². The van der Waals surface area contributed by atoms with Crippen LogP contribution in [0.2, 0.25) is 0 Å². The van der Waals surface area contributed by atoms with Crippen molar-refractivity contribution in [3.8, 4) is 17.6 Å². The number of aryl methyl sites for hydroxylation is 1. The van der Waals surface area contributed by atoms with E-state index in [2.05, 4.69) is 25.1 Å². The molecule has 9 rings (SSSR count). The molecule has 0 radical (unpaired) electrons. The first-order chi connectivity index (χ1) is 31.7. The van der Waals surface area contributed by atoms with Crippen LogP contribution >= 0.6 is 12.1 Å². The van der Waals surface area contributed by atoms with Gasteiger partial charge in [-0.1, -0.05) is 6.92 Å². The molecule has 4 saturated heterocycles. The van der Waals surface area contributed by atoms with Crippen molar-refractivity contribution in [2.24, 2.45) is 7.05 Å². The number of fused-ring (bicyclic) bond motifs is 2. The minimum absolute atomic E-state index is 0.0303. The number of rotatable bonds is 10. The van der Waals surface area contributed by atoms with Crippen molar-refractivity contribution < 1.29 is 37.7 Å². The van der Waals surface area contributed by atoms with E-state index in [0.29, 0.717) is 78.0 Å². The fourth-order valence-electron chi connectivity index (χ4n) is 8.78. The van der Waals surface area contributed by atoms with E-state index in [1.807, 2.05) is 34.1 Å². The number of hydrogen-bond donors (Lipinski definition) is 4. The van der Waals surface area contributed by atoms with Gasteiger partial charge in [0.05, 0.1) is 51.7 Å². The van der Waals surface area contributed by atoms with Gasteiger partial charge in [-0.25, -0.2) is 22.9 Å². The normalized spacial score (nSPS) is 18.1. The number of aliphatic hydroxyl groups is 1. The van der Waals surface area contributed by atoms with E-state index in [-0.39, 0.29) is 59.4 Å². The summed E-state index contributed by atoms with van der Waals surface area (Å²) in [6.45, 7) is 5.88. The van der Waals surface area contributed by atoms with Crippen LogP contribution in [0.5, 0.6) is 11.5 Å². The van der Waals surface area contributed by atoms with Gasteiger partial charge in [0, 0.05) is 76.9 Å². The maximum Gasteiger partial charge on any atom is 0.329 e. The molecule has 2 aromatic heterocycles. The molecule has 4 amide bonds. The van der Waals surface area contributed by atoms with Gasteiger partial charge in [-0.3, -0.25) is 29.3 Å². The number of nitrogens with one attached hydrogen (secondary N) is 3. The van der Waals surface area contributed by atoms with Crippen LogP contribution in [0, 0.1) is 23.0 Å². The van der Waals surface area contributed by atoms with E-state index in [1.165, 1.54) is 47.6 Å². The van der Waals surface area contributed by atoms with Crippen molar-refractivity contribution in [3.63, 3.8) is 0 Å². The number of aromatic amines is 1. The van der Waals surface area contributed by atoms with Gasteiger partial charge in [0.1, 0.15) is 23.2 Å². The second-order valence-corrected chi connectivity index (χ2v) is 18.0. The molecule has 1 spiro atoms. The molecule has 0 bridgehead atoms. The predicted octanol–water partition coefficient (Wildman–Crippen LogP) is 5.70. The average Bonchev–Trinajstić information content (AvgIpc) is 3.89. The highest BCUT2D eigenvalue weighted by atomic mass is 32.2. The van der Waals surface area contributed by atoms with Gasteiger partial charge in [-0.2, -0.15) is 10.4 Å². The van der Waals surface area contributed by atoms with E-state index in [0.717, 1.165) is 38.8 Å². The number of anilines is 3. The van der Waals surface area contributed by atoms with Crippen LogP contribution in [0.15, 0.2) is 53.6 Å². The molecule has 0 unspecified atom stereocenters. The zero-order valence-corrected chi connectivity index (χ0v) is 37.7. The lowest BCUT2D eigenvalue weighted by Gasteiger charge is -2.42. The minimum Gasteiger partial charge on any atom is -0.453 e. The SMILES string of the molecule is CCN(C)SNc1ccc(F)c(Oc2ccc3nc[nH]c(=O)c3c2)c1C#N.Cn1nc(N2CCC(=O)NC2=O)c2cc(F)c(N3CCC(O)(CC(=O)N4CCC5(CCCO5)CC4)CC3)cc21. The number of benzene rings is 3. The van der Waals surface area contributed by atoms with Crippen molar-refractivity contribution >= 4 is 69.0 Å². The highest BCUT2D eigenvalue weighted by Gasteiger charge is 2.42. The Labute approximate surface area is 383 Å². The second-order valence-electron chi connectivity index (χ2n) is 17.0. The number of nitrogens with zero attached hydrogens (tertiary/aromatic N) is 8. The number of likely N-dealkylation sites (tertiary alicyclic amines) is 1. The molecule has 4 fully saturated rings. The van der Waals surface area contributed by atoms with Crippen molar-refractivity contribution in [1.82, 2.24) is 34.3 Å². The standard InChI is InChI=1S/C27H35FN6O5.C18H16FN5O2S/c1-31-20-16-21(19(28)15-18(20)24(30-31)34-9-3-22(35)29-25(34)37)32-10-5-26(38,6-11-32)17-23(36)33-12-7-27(8-13-33)4-2-14-39-27;1-3-24(2)27-23-16-7-5-14(19)17(13(16)9-20)26-11-4-6-15-12(8-11)18(25)22-10-21-15/h15-16,38H,2-14,17H2,1H3,(H,29,35,37);4-8,10,23H,3H2,1-2H3,(H,21,22,25). The van der Waals surface area contributed by atoms with Gasteiger partial charge in [-0.15, -0.1) is 0 Å². The van der Waals surface area contributed by atoms with Gasteiger partial charge < -0.3 is 34.1 Å². The predicted molar refractivity (Wildman–Crippen MR) is 244 cm³/mol. The van der Waals surface area contributed by atoms with E-state index in [9.17, 15) is 33.9 Å². The summed E-state index contributed by atoms with van der Waals surface area (Å²) in [6, 6.07) is 11.8. The maximum atomic E-state index is 15.4. The summed E-state index contributed by atoms with van der Waals surface area (Å²) in [6.07, 6.45) is 6.08. The zero-order chi connectivity index (χ0) is 46.8. The highest BCUT2D eigenvalue weighted by Crippen LogP contribution is 2.39. The maximum absolute atomic E-state index is 15.4. The number of halogens is 2. The highest BCUT2D eigenvalue weighted by molar-refractivity contribution is 7.98. The molecule has 4 aliphatic rings. The zero-order valence-electron chi connectivity index (χ0n) is 36.9. The third-order valence-corrected chi connectivity index (χ3v) is 13.6. The van der Waals surface area contributed by atoms with Crippen molar-refractivity contribution in [2.45, 2.75) is 69.5 Å². The topological polar surface area (TPSA) is 214 Å². The Hall–Kier alpha value is -6.34. The molecular weight excluding hydrogens is 877 g/mol. The average molecular weight is 928 g/mol. The molecule has 5 aromatic rings. The summed E-state index contributed by atoms with van der Waals surface area (Å²) >= 11 is 1.28. The van der Waals surface area contributed by atoms with E-state index >= 15 is 4.39 Å². The molecule has 0 saturated carbocycles. The molecule has 18 nitrogen and oxygen atoms in total. The summed E-state index contributed by atoms with van der Waals surface area (Å²) < 4.78 is 47.9. The van der Waals surface area contributed by atoms with E-state index < -0.39 is 23.3 Å². The summed E-state index contributed by atoms with van der Waals surface area (Å²) in [7, 11) is 3.60. The molecule has 348 valence electrons. The molecular formula is C45H51F2N11O7S. The van der Waals surface area contributed by atoms with Gasteiger partial charge in [0.15, 0.2) is 17.4 Å². The molecule has 0 aliphatic carbocycles. The Kier molecular flexibility index (Phi) is 13.5. The van der Waals surface area contributed by atoms with Crippen LogP contribution in [0.25, 0.3) is 21.8 Å². The molecule has 6 heterocycles. The largest absolute Gasteiger partial charge is 0.453 e. The number of amides is 4. The Morgan fingerprint density at radius 2 is 1.80 bits per heavy atom. The fourth-order valence-corrected chi connectivity index (χ4v) is 9.33. The number of ether oxygens (including phenoxy) is 2. The van der Waals surface area contributed by atoms with Crippen molar-refractivity contribution in [2.75, 3.05) is 67.4 Å². The number of carbonyl (C=O) groups excluding carboxylic acids is 3. The number of carbonyl (C=O) groups is 3. The minimum atomic E-state index is -1.12. The first-order valence-corrected chi connectivity index (χ1v) is 22.6. The van der Waals surface area contributed by atoms with E-state index in [4.69, 9.17) is 9.47 Å². The Balaban J connectivity index is 0.000000192. The van der Waals surface area contributed by atoms with Crippen LogP contribution in [0.1, 0.15) is 63.9 Å². The number of urea groups is 1. The smallest absolute Gasteiger partial charge is 0.329 e. The van der Waals surface area contributed by atoms with Crippen molar-refractivity contribution in [3.05, 3.63) is 76.3 Å². The molecule has 3 aromatic carbocycles. The Morgan fingerprint density at radius 1 is 1.03 bits per heavy atom. The van der Waals surface area contributed by atoms with Crippen LogP contribution in [-0.2, 0) is 21.4 Å². The summed E-state index contributed by atoms with van der Waals surface area (Å²) in [4.78, 5) is 60.4. The second kappa shape index (κ2) is 19.2. The van der Waals surface area contributed by atoms with Gasteiger partial charge >= 0.3 is 6.03 Å². The third kappa shape index (κ3) is 9.77. The Bertz CT molecular complexity index is 2760. The fraction of sp³-hybridized carbons (Fsp3) is 0.444. The molecule has 4 aliphatic heterocycles. The van der Waals surface area contributed by atoms with Crippen LogP contribution in [0.4, 0.5) is 30.8 Å². The number of aromatic nitrogens is 4. The lowest BCUT2D eigenvalue weighted by Crippen LogP contribution is -2.51. The number of imide groups is 1.